The van der Waals surface area contributed by atoms with Gasteiger partial charge in [0.15, 0.2) is 0 Å². The number of aliphatic hydroxyl groups excluding tert-OH is 1. The molecule has 1 aliphatic carbocycles. The fourth-order valence-electron chi connectivity index (χ4n) is 3.07. The number of nitrogens with one attached hydrogen (secondary N) is 1. The van der Waals surface area contributed by atoms with E-state index in [4.69, 9.17) is 0 Å². The number of rotatable bonds is 3. The quantitative estimate of drug-likeness (QED) is 0.838. The first-order chi connectivity index (χ1) is 10.4. The molecule has 0 aliphatic heterocycles. The standard InChI is InChI=1S/C17H24N2O3/c1-11-7-12(2)9-14(8-11)18-16(21)17(22)19(3)10-13-5-4-6-15(13)20/h7-9,13,15,20H,4-6,10H2,1-3H3,(H,18,21). The minimum atomic E-state index is -0.639. The van der Waals surface area contributed by atoms with Crippen molar-refractivity contribution in [2.24, 2.45) is 5.92 Å². The van der Waals surface area contributed by atoms with E-state index in [2.05, 4.69) is 5.32 Å². The molecule has 22 heavy (non-hydrogen) atoms. The highest BCUT2D eigenvalue weighted by Gasteiger charge is 2.29. The average Bonchev–Trinajstić information content (AvgIpc) is 2.82. The van der Waals surface area contributed by atoms with Gasteiger partial charge in [-0.1, -0.05) is 12.5 Å². The maximum Gasteiger partial charge on any atom is 0.313 e. The van der Waals surface area contributed by atoms with E-state index in [-0.39, 0.29) is 12.0 Å². The van der Waals surface area contributed by atoms with E-state index in [1.807, 2.05) is 32.0 Å². The zero-order valence-electron chi connectivity index (χ0n) is 13.4. The highest BCUT2D eigenvalue weighted by Crippen LogP contribution is 2.26. The maximum absolute atomic E-state index is 12.1. The highest BCUT2D eigenvalue weighted by atomic mass is 16.3. The number of benzene rings is 1. The zero-order valence-corrected chi connectivity index (χ0v) is 13.4. The SMILES string of the molecule is Cc1cc(C)cc(NC(=O)C(=O)N(C)CC2CCCC2O)c1. The molecule has 0 bridgehead atoms. The van der Waals surface area contributed by atoms with Crippen LogP contribution in [0.1, 0.15) is 30.4 Å². The van der Waals surface area contributed by atoms with Gasteiger partial charge in [-0.2, -0.15) is 0 Å². The van der Waals surface area contributed by atoms with Crippen molar-refractivity contribution in [3.8, 4) is 0 Å². The summed E-state index contributed by atoms with van der Waals surface area (Å²) in [6.45, 7) is 4.30. The predicted octanol–water partition coefficient (Wildman–Crippen LogP) is 1.86. The Morgan fingerprint density at radius 1 is 1.23 bits per heavy atom. The van der Waals surface area contributed by atoms with E-state index < -0.39 is 11.8 Å². The number of amides is 2. The molecule has 2 N–H and O–H groups in total. The second-order valence-corrected chi connectivity index (χ2v) is 6.27. The molecule has 0 radical (unpaired) electrons. The van der Waals surface area contributed by atoms with Gasteiger partial charge in [-0.15, -0.1) is 0 Å². The molecule has 2 atom stereocenters. The van der Waals surface area contributed by atoms with Gasteiger partial charge in [-0.3, -0.25) is 9.59 Å². The number of aliphatic hydroxyl groups is 1. The fourth-order valence-corrected chi connectivity index (χ4v) is 3.07. The summed E-state index contributed by atoms with van der Waals surface area (Å²) in [4.78, 5) is 25.6. The molecule has 2 unspecified atom stereocenters. The van der Waals surface area contributed by atoms with E-state index in [0.717, 1.165) is 30.4 Å². The Hall–Kier alpha value is -1.88. The molecule has 5 nitrogen and oxygen atoms in total. The van der Waals surface area contributed by atoms with Crippen molar-refractivity contribution in [2.75, 3.05) is 18.9 Å². The van der Waals surface area contributed by atoms with Crippen LogP contribution in [0.2, 0.25) is 0 Å². The number of nitrogens with zero attached hydrogens (tertiary/aromatic N) is 1. The first-order valence-corrected chi connectivity index (χ1v) is 7.69. The third-order valence-electron chi connectivity index (χ3n) is 4.15. The number of carbonyl (C=O) groups excluding carboxylic acids is 2. The van der Waals surface area contributed by atoms with Crippen molar-refractivity contribution < 1.29 is 14.7 Å². The van der Waals surface area contributed by atoms with Gasteiger partial charge >= 0.3 is 11.8 Å². The van der Waals surface area contributed by atoms with Crippen LogP contribution in [0.15, 0.2) is 18.2 Å². The van der Waals surface area contributed by atoms with E-state index >= 15 is 0 Å². The summed E-state index contributed by atoms with van der Waals surface area (Å²) in [5, 5.41) is 12.5. The monoisotopic (exact) mass is 304 g/mol. The van der Waals surface area contributed by atoms with Gasteiger partial charge in [0.25, 0.3) is 0 Å². The van der Waals surface area contributed by atoms with Gasteiger partial charge in [0.1, 0.15) is 0 Å². The van der Waals surface area contributed by atoms with Crippen molar-refractivity contribution in [2.45, 2.75) is 39.2 Å². The Labute approximate surface area is 131 Å². The molecule has 2 amide bonds. The van der Waals surface area contributed by atoms with Gasteiger partial charge in [0.2, 0.25) is 0 Å². The summed E-state index contributed by atoms with van der Waals surface area (Å²) in [6, 6.07) is 5.67. The second kappa shape index (κ2) is 6.92. The normalized spacial score (nSPS) is 20.7. The number of anilines is 1. The van der Waals surface area contributed by atoms with Crippen molar-refractivity contribution >= 4 is 17.5 Å². The minimum absolute atomic E-state index is 0.0722. The van der Waals surface area contributed by atoms with Crippen LogP contribution in [0.5, 0.6) is 0 Å². The van der Waals surface area contributed by atoms with Crippen LogP contribution in [0.4, 0.5) is 5.69 Å². The van der Waals surface area contributed by atoms with Crippen molar-refractivity contribution in [3.05, 3.63) is 29.3 Å². The lowest BCUT2D eigenvalue weighted by Crippen LogP contribution is -2.41. The van der Waals surface area contributed by atoms with Gasteiger partial charge in [-0.05, 0) is 49.9 Å². The molecule has 1 aliphatic rings. The number of hydrogen-bond acceptors (Lipinski definition) is 3. The summed E-state index contributed by atoms with van der Waals surface area (Å²) in [6.07, 6.45) is 2.29. The van der Waals surface area contributed by atoms with Gasteiger partial charge < -0.3 is 15.3 Å². The summed E-state index contributed by atoms with van der Waals surface area (Å²) in [5.41, 5.74) is 2.69. The van der Waals surface area contributed by atoms with Crippen LogP contribution >= 0.6 is 0 Å². The van der Waals surface area contributed by atoms with Gasteiger partial charge in [0, 0.05) is 25.2 Å². The minimum Gasteiger partial charge on any atom is -0.393 e. The van der Waals surface area contributed by atoms with Crippen LogP contribution in [0, 0.1) is 19.8 Å². The molecule has 0 spiro atoms. The van der Waals surface area contributed by atoms with Gasteiger partial charge in [-0.25, -0.2) is 0 Å². The molecular formula is C17H24N2O3. The molecule has 2 rings (SSSR count). The van der Waals surface area contributed by atoms with E-state index in [1.54, 1.807) is 7.05 Å². The molecule has 5 heteroatoms. The number of carbonyl (C=O) groups is 2. The van der Waals surface area contributed by atoms with E-state index in [9.17, 15) is 14.7 Å². The first kappa shape index (κ1) is 16.5. The Balaban J connectivity index is 1.94. The Morgan fingerprint density at radius 3 is 2.41 bits per heavy atom. The predicted molar refractivity (Wildman–Crippen MR) is 85.5 cm³/mol. The van der Waals surface area contributed by atoms with Gasteiger partial charge in [0.05, 0.1) is 6.10 Å². The number of likely N-dealkylation sites (N-methyl/N-ethyl adjacent to an activating group) is 1. The molecule has 1 fully saturated rings. The van der Waals surface area contributed by atoms with Crippen LogP contribution in [-0.2, 0) is 9.59 Å². The Bertz CT molecular complexity index is 551. The van der Waals surface area contributed by atoms with Crippen LogP contribution in [0.3, 0.4) is 0 Å². The molecule has 0 saturated heterocycles. The lowest BCUT2D eigenvalue weighted by atomic mass is 10.1. The summed E-state index contributed by atoms with van der Waals surface area (Å²) < 4.78 is 0. The molecule has 1 aromatic carbocycles. The lowest BCUT2D eigenvalue weighted by molar-refractivity contribution is -0.142. The second-order valence-electron chi connectivity index (χ2n) is 6.27. The topological polar surface area (TPSA) is 69.6 Å². The third-order valence-corrected chi connectivity index (χ3v) is 4.15. The molecular weight excluding hydrogens is 280 g/mol. The summed E-state index contributed by atoms with van der Waals surface area (Å²) >= 11 is 0. The van der Waals surface area contributed by atoms with Crippen LogP contribution in [-0.4, -0.2) is 41.5 Å². The molecule has 0 aromatic heterocycles. The number of hydrogen-bond donors (Lipinski definition) is 2. The number of aryl methyl sites for hydroxylation is 2. The van der Waals surface area contributed by atoms with Crippen LogP contribution < -0.4 is 5.32 Å². The smallest absolute Gasteiger partial charge is 0.313 e. The third kappa shape index (κ3) is 4.07. The Morgan fingerprint density at radius 2 is 1.86 bits per heavy atom. The van der Waals surface area contributed by atoms with E-state index in [1.165, 1.54) is 4.90 Å². The van der Waals surface area contributed by atoms with Crippen molar-refractivity contribution in [1.29, 1.82) is 0 Å². The highest BCUT2D eigenvalue weighted by molar-refractivity contribution is 6.39. The Kier molecular flexibility index (Phi) is 5.19. The van der Waals surface area contributed by atoms with E-state index in [0.29, 0.717) is 12.2 Å². The summed E-state index contributed by atoms with van der Waals surface area (Å²) in [7, 11) is 1.61. The molecule has 1 aromatic rings. The lowest BCUT2D eigenvalue weighted by Gasteiger charge is -2.22. The fraction of sp³-hybridized carbons (Fsp3) is 0.529. The maximum atomic E-state index is 12.1. The average molecular weight is 304 g/mol. The first-order valence-electron chi connectivity index (χ1n) is 7.69. The summed E-state index contributed by atoms with van der Waals surface area (Å²) in [5.74, 6) is -1.14. The van der Waals surface area contributed by atoms with Crippen LogP contribution in [0.25, 0.3) is 0 Å². The zero-order chi connectivity index (χ0) is 16.3. The van der Waals surface area contributed by atoms with Crippen molar-refractivity contribution in [3.63, 3.8) is 0 Å². The van der Waals surface area contributed by atoms with Crippen molar-refractivity contribution in [1.82, 2.24) is 4.90 Å². The molecule has 120 valence electrons. The molecule has 1 saturated carbocycles. The molecule has 0 heterocycles. The largest absolute Gasteiger partial charge is 0.393 e.